The summed E-state index contributed by atoms with van der Waals surface area (Å²) < 4.78 is 0. The summed E-state index contributed by atoms with van der Waals surface area (Å²) in [6, 6.07) is 16.8. The van der Waals surface area contributed by atoms with Crippen LogP contribution in [0.1, 0.15) is 29.9 Å². The molecule has 0 spiro atoms. The lowest BCUT2D eigenvalue weighted by atomic mass is 9.89. The molecule has 1 amide bonds. The summed E-state index contributed by atoms with van der Waals surface area (Å²) in [4.78, 5) is 26.2. The molecule has 1 saturated heterocycles. The van der Waals surface area contributed by atoms with E-state index in [1.54, 1.807) is 17.0 Å². The zero-order valence-corrected chi connectivity index (χ0v) is 14.7. The highest BCUT2D eigenvalue weighted by atomic mass is 35.5. The summed E-state index contributed by atoms with van der Waals surface area (Å²) >= 11 is 6.02. The van der Waals surface area contributed by atoms with Crippen LogP contribution in [0.3, 0.4) is 0 Å². The standard InChI is InChI=1S/C20H20ClNO3/c1-13(15-8-5-9-16(21)10-15)19(23)22-11-17(18(12-22)20(24)25)14-6-3-2-4-7-14/h2-10,13,17-18H,11-12H2,1H3,(H,24,25)/t13?,17-,18-/m0/s1. The van der Waals surface area contributed by atoms with E-state index < -0.39 is 11.9 Å². The van der Waals surface area contributed by atoms with E-state index in [0.29, 0.717) is 11.6 Å². The van der Waals surface area contributed by atoms with Crippen LogP contribution in [-0.4, -0.2) is 35.0 Å². The molecule has 1 heterocycles. The van der Waals surface area contributed by atoms with Gasteiger partial charge in [0.2, 0.25) is 5.91 Å². The van der Waals surface area contributed by atoms with Crippen LogP contribution in [-0.2, 0) is 9.59 Å². The highest BCUT2D eigenvalue weighted by Gasteiger charge is 2.41. The molecule has 1 aliphatic rings. The van der Waals surface area contributed by atoms with E-state index in [9.17, 15) is 14.7 Å². The number of nitrogens with zero attached hydrogens (tertiary/aromatic N) is 1. The van der Waals surface area contributed by atoms with Gasteiger partial charge in [-0.25, -0.2) is 0 Å². The molecule has 2 aromatic carbocycles. The second kappa shape index (κ2) is 7.28. The van der Waals surface area contributed by atoms with Gasteiger partial charge in [0.15, 0.2) is 0 Å². The highest BCUT2D eigenvalue weighted by Crippen LogP contribution is 2.34. The summed E-state index contributed by atoms with van der Waals surface area (Å²) in [5, 5.41) is 10.2. The Morgan fingerprint density at radius 1 is 1.12 bits per heavy atom. The SMILES string of the molecule is CC(C(=O)N1C[C@H](C(=O)O)[C@H](c2ccccc2)C1)c1cccc(Cl)c1. The summed E-state index contributed by atoms with van der Waals surface area (Å²) in [6.45, 7) is 2.49. The second-order valence-corrected chi connectivity index (χ2v) is 6.92. The van der Waals surface area contributed by atoms with Gasteiger partial charge in [-0.05, 0) is 30.2 Å². The first-order valence-corrected chi connectivity index (χ1v) is 8.67. The number of carboxylic acids is 1. The predicted octanol–water partition coefficient (Wildman–Crippen LogP) is 3.77. The third-order valence-electron chi connectivity index (χ3n) is 4.90. The Labute approximate surface area is 152 Å². The summed E-state index contributed by atoms with van der Waals surface area (Å²) in [6.07, 6.45) is 0. The fourth-order valence-electron chi connectivity index (χ4n) is 3.46. The van der Waals surface area contributed by atoms with E-state index in [4.69, 9.17) is 11.6 Å². The van der Waals surface area contributed by atoms with Gasteiger partial charge >= 0.3 is 5.97 Å². The molecule has 1 N–H and O–H groups in total. The Morgan fingerprint density at radius 2 is 1.84 bits per heavy atom. The topological polar surface area (TPSA) is 57.6 Å². The smallest absolute Gasteiger partial charge is 0.308 e. The third-order valence-corrected chi connectivity index (χ3v) is 5.13. The highest BCUT2D eigenvalue weighted by molar-refractivity contribution is 6.30. The van der Waals surface area contributed by atoms with Gasteiger partial charge in [-0.1, -0.05) is 54.1 Å². The average molecular weight is 358 g/mol. The monoisotopic (exact) mass is 357 g/mol. The molecule has 3 atom stereocenters. The number of carbonyl (C=O) groups is 2. The van der Waals surface area contributed by atoms with E-state index in [1.165, 1.54) is 0 Å². The van der Waals surface area contributed by atoms with Gasteiger partial charge in [0, 0.05) is 24.0 Å². The number of hydrogen-bond acceptors (Lipinski definition) is 2. The van der Waals surface area contributed by atoms with E-state index in [1.807, 2.05) is 49.4 Å². The number of aliphatic carboxylic acids is 1. The number of carboxylic acid groups (broad SMARTS) is 1. The fourth-order valence-corrected chi connectivity index (χ4v) is 3.66. The molecule has 1 aliphatic heterocycles. The minimum Gasteiger partial charge on any atom is -0.481 e. The minimum absolute atomic E-state index is 0.0630. The van der Waals surface area contributed by atoms with Crippen LogP contribution in [0.5, 0.6) is 0 Å². The van der Waals surface area contributed by atoms with Gasteiger partial charge in [-0.3, -0.25) is 9.59 Å². The predicted molar refractivity (Wildman–Crippen MR) is 96.8 cm³/mol. The van der Waals surface area contributed by atoms with Gasteiger partial charge in [-0.15, -0.1) is 0 Å². The van der Waals surface area contributed by atoms with Crippen LogP contribution < -0.4 is 0 Å². The first-order valence-electron chi connectivity index (χ1n) is 8.29. The van der Waals surface area contributed by atoms with Crippen molar-refractivity contribution < 1.29 is 14.7 Å². The molecule has 1 unspecified atom stereocenters. The Balaban J connectivity index is 1.81. The molecular weight excluding hydrogens is 338 g/mol. The molecule has 4 nitrogen and oxygen atoms in total. The van der Waals surface area contributed by atoms with Gasteiger partial charge in [0.25, 0.3) is 0 Å². The minimum atomic E-state index is -0.862. The maximum atomic E-state index is 12.9. The van der Waals surface area contributed by atoms with E-state index in [-0.39, 0.29) is 24.3 Å². The number of benzene rings is 2. The van der Waals surface area contributed by atoms with Crippen molar-refractivity contribution in [2.75, 3.05) is 13.1 Å². The Kier molecular flexibility index (Phi) is 5.09. The van der Waals surface area contributed by atoms with Crippen molar-refractivity contribution in [3.05, 3.63) is 70.7 Å². The molecule has 130 valence electrons. The van der Waals surface area contributed by atoms with Crippen molar-refractivity contribution in [2.45, 2.75) is 18.8 Å². The first kappa shape index (κ1) is 17.5. The van der Waals surface area contributed by atoms with Gasteiger partial charge in [0.05, 0.1) is 11.8 Å². The maximum absolute atomic E-state index is 12.9. The molecule has 0 bridgehead atoms. The van der Waals surface area contributed by atoms with Crippen molar-refractivity contribution in [3.63, 3.8) is 0 Å². The summed E-state index contributed by atoms with van der Waals surface area (Å²) in [7, 11) is 0. The molecular formula is C20H20ClNO3. The van der Waals surface area contributed by atoms with E-state index in [0.717, 1.165) is 11.1 Å². The fraction of sp³-hybridized carbons (Fsp3) is 0.300. The number of rotatable bonds is 4. The molecule has 3 rings (SSSR count). The van der Waals surface area contributed by atoms with Crippen LogP contribution in [0, 0.1) is 5.92 Å². The molecule has 0 aromatic heterocycles. The summed E-state index contributed by atoms with van der Waals surface area (Å²) in [5.74, 6) is -2.05. The van der Waals surface area contributed by atoms with Crippen LogP contribution >= 0.6 is 11.6 Å². The second-order valence-electron chi connectivity index (χ2n) is 6.48. The zero-order chi connectivity index (χ0) is 18.0. The molecule has 0 radical (unpaired) electrons. The van der Waals surface area contributed by atoms with Crippen molar-refractivity contribution in [1.82, 2.24) is 4.90 Å². The lowest BCUT2D eigenvalue weighted by Gasteiger charge is -2.21. The van der Waals surface area contributed by atoms with Crippen molar-refractivity contribution in [3.8, 4) is 0 Å². The van der Waals surface area contributed by atoms with Crippen LogP contribution in [0.25, 0.3) is 0 Å². The maximum Gasteiger partial charge on any atom is 0.308 e. The lowest BCUT2D eigenvalue weighted by Crippen LogP contribution is -2.33. The Hall–Kier alpha value is -2.33. The number of carbonyl (C=O) groups excluding carboxylic acids is 1. The Bertz CT molecular complexity index is 778. The van der Waals surface area contributed by atoms with Crippen LogP contribution in [0.2, 0.25) is 5.02 Å². The zero-order valence-electron chi connectivity index (χ0n) is 13.9. The number of halogens is 1. The third kappa shape index (κ3) is 3.69. The lowest BCUT2D eigenvalue weighted by molar-refractivity contribution is -0.141. The van der Waals surface area contributed by atoms with E-state index >= 15 is 0 Å². The molecule has 25 heavy (non-hydrogen) atoms. The molecule has 5 heteroatoms. The molecule has 0 aliphatic carbocycles. The molecule has 0 saturated carbocycles. The quantitative estimate of drug-likeness (QED) is 0.906. The van der Waals surface area contributed by atoms with Crippen LogP contribution in [0.4, 0.5) is 0 Å². The van der Waals surface area contributed by atoms with Crippen molar-refractivity contribution >= 4 is 23.5 Å². The van der Waals surface area contributed by atoms with Crippen molar-refractivity contribution in [1.29, 1.82) is 0 Å². The average Bonchev–Trinajstić information content (AvgIpc) is 3.07. The normalized spacial score (nSPS) is 21.1. The van der Waals surface area contributed by atoms with Gasteiger partial charge in [0.1, 0.15) is 0 Å². The van der Waals surface area contributed by atoms with Crippen LogP contribution in [0.15, 0.2) is 54.6 Å². The molecule has 2 aromatic rings. The number of hydrogen-bond donors (Lipinski definition) is 1. The number of likely N-dealkylation sites (tertiary alicyclic amines) is 1. The van der Waals surface area contributed by atoms with E-state index in [2.05, 4.69) is 0 Å². The molecule has 1 fully saturated rings. The summed E-state index contributed by atoms with van der Waals surface area (Å²) in [5.41, 5.74) is 1.80. The van der Waals surface area contributed by atoms with Gasteiger partial charge in [-0.2, -0.15) is 0 Å². The van der Waals surface area contributed by atoms with Gasteiger partial charge < -0.3 is 10.0 Å². The van der Waals surface area contributed by atoms with Crippen molar-refractivity contribution in [2.24, 2.45) is 5.92 Å². The number of amides is 1. The Morgan fingerprint density at radius 3 is 2.48 bits per heavy atom. The largest absolute Gasteiger partial charge is 0.481 e. The first-order chi connectivity index (χ1) is 12.0.